The van der Waals surface area contributed by atoms with Gasteiger partial charge >= 0.3 is 5.97 Å². The minimum Gasteiger partial charge on any atom is -0.489 e. The van der Waals surface area contributed by atoms with Gasteiger partial charge in [0, 0.05) is 32.4 Å². The monoisotopic (exact) mass is 542 g/mol. The predicted molar refractivity (Wildman–Crippen MR) is 154 cm³/mol. The first-order chi connectivity index (χ1) is 19.5. The molecule has 0 saturated carbocycles. The molecule has 7 heteroatoms. The number of hydrogen-bond donors (Lipinski definition) is 2. The van der Waals surface area contributed by atoms with Gasteiger partial charge in [-0.1, -0.05) is 72.8 Å². The number of aliphatic carboxylic acids is 1. The van der Waals surface area contributed by atoms with Gasteiger partial charge in [-0.05, 0) is 60.4 Å². The number of ether oxygens (including phenoxy) is 1. The summed E-state index contributed by atoms with van der Waals surface area (Å²) in [6.45, 7) is 1.74. The summed E-state index contributed by atoms with van der Waals surface area (Å²) in [5.74, 6) is -0.314. The molecule has 3 aromatic carbocycles. The Bertz CT molecular complexity index is 1220. The zero-order valence-electron chi connectivity index (χ0n) is 22.8. The van der Waals surface area contributed by atoms with Gasteiger partial charge in [0.2, 0.25) is 11.8 Å². The zero-order chi connectivity index (χ0) is 28.2. The lowest BCUT2D eigenvalue weighted by molar-refractivity contribution is -0.142. The van der Waals surface area contributed by atoms with Crippen molar-refractivity contribution in [3.63, 3.8) is 0 Å². The molecule has 3 aromatic rings. The predicted octanol–water partition coefficient (Wildman–Crippen LogP) is 5.03. The Balaban J connectivity index is 1.16. The minimum absolute atomic E-state index is 0.142. The lowest BCUT2D eigenvalue weighted by Crippen LogP contribution is -2.44. The number of carbonyl (C=O) groups excluding carboxylic acids is 2. The summed E-state index contributed by atoms with van der Waals surface area (Å²) < 4.78 is 5.80. The molecule has 0 aromatic heterocycles. The summed E-state index contributed by atoms with van der Waals surface area (Å²) in [6.07, 6.45) is 4.20. The van der Waals surface area contributed by atoms with Crippen molar-refractivity contribution >= 4 is 17.8 Å². The molecule has 210 valence electrons. The second-order valence-electron chi connectivity index (χ2n) is 10.4. The Morgan fingerprint density at radius 2 is 1.48 bits per heavy atom. The van der Waals surface area contributed by atoms with Crippen LogP contribution in [0.3, 0.4) is 0 Å². The van der Waals surface area contributed by atoms with E-state index in [4.69, 9.17) is 4.74 Å². The van der Waals surface area contributed by atoms with E-state index in [1.54, 1.807) is 0 Å². The van der Waals surface area contributed by atoms with Gasteiger partial charge in [0.15, 0.2) is 0 Å². The summed E-state index contributed by atoms with van der Waals surface area (Å²) in [7, 11) is 0. The number of amides is 2. The minimum atomic E-state index is -1.06. The molecule has 40 heavy (non-hydrogen) atoms. The van der Waals surface area contributed by atoms with E-state index in [1.165, 1.54) is 5.56 Å². The summed E-state index contributed by atoms with van der Waals surface area (Å²) in [6, 6.07) is 26.3. The average Bonchev–Trinajstić information content (AvgIpc) is 2.98. The highest BCUT2D eigenvalue weighted by Gasteiger charge is 2.26. The van der Waals surface area contributed by atoms with Crippen LogP contribution in [0.1, 0.15) is 48.8 Å². The first kappa shape index (κ1) is 28.9. The summed E-state index contributed by atoms with van der Waals surface area (Å²) >= 11 is 0. The van der Waals surface area contributed by atoms with Crippen molar-refractivity contribution in [1.29, 1.82) is 0 Å². The molecule has 1 saturated heterocycles. The van der Waals surface area contributed by atoms with E-state index in [0.717, 1.165) is 36.8 Å². The molecule has 1 aliphatic heterocycles. The fraction of sp³-hybridized carbons (Fsp3) is 0.364. The van der Waals surface area contributed by atoms with Gasteiger partial charge in [0.25, 0.3) is 0 Å². The number of hydrogen-bond acceptors (Lipinski definition) is 4. The average molecular weight is 543 g/mol. The number of rotatable bonds is 13. The zero-order valence-corrected chi connectivity index (χ0v) is 22.8. The molecule has 1 fully saturated rings. The Morgan fingerprint density at radius 3 is 2.10 bits per heavy atom. The van der Waals surface area contributed by atoms with Crippen LogP contribution in [0.5, 0.6) is 5.75 Å². The largest absolute Gasteiger partial charge is 0.489 e. The third-order valence-corrected chi connectivity index (χ3v) is 7.39. The van der Waals surface area contributed by atoms with Gasteiger partial charge in [-0.2, -0.15) is 0 Å². The van der Waals surface area contributed by atoms with Crippen molar-refractivity contribution in [3.8, 4) is 5.75 Å². The van der Waals surface area contributed by atoms with Crippen LogP contribution in [0, 0.1) is 5.92 Å². The van der Waals surface area contributed by atoms with Crippen LogP contribution in [0.4, 0.5) is 0 Å². The van der Waals surface area contributed by atoms with Gasteiger partial charge in [-0.3, -0.25) is 9.59 Å². The topological polar surface area (TPSA) is 95.9 Å². The van der Waals surface area contributed by atoms with Crippen LogP contribution in [0.25, 0.3) is 0 Å². The van der Waals surface area contributed by atoms with E-state index in [9.17, 15) is 19.5 Å². The van der Waals surface area contributed by atoms with E-state index in [2.05, 4.69) is 17.4 Å². The maximum absolute atomic E-state index is 12.7. The smallest absolute Gasteiger partial charge is 0.326 e. The van der Waals surface area contributed by atoms with Crippen LogP contribution in [-0.2, 0) is 33.8 Å². The molecule has 4 rings (SSSR count). The SMILES string of the molecule is O=C(CC1CCN(C(=O)CCCc2ccccc2)CC1)N[C@@H](Cc1ccc(OCc2ccccc2)cc1)C(=O)O. The van der Waals surface area contributed by atoms with Crippen molar-refractivity contribution < 1.29 is 24.2 Å². The molecule has 0 spiro atoms. The molecule has 1 heterocycles. The van der Waals surface area contributed by atoms with Gasteiger partial charge in [-0.25, -0.2) is 4.79 Å². The first-order valence-corrected chi connectivity index (χ1v) is 14.1. The van der Waals surface area contributed by atoms with E-state index >= 15 is 0 Å². The maximum Gasteiger partial charge on any atom is 0.326 e. The molecule has 0 unspecified atom stereocenters. The van der Waals surface area contributed by atoms with E-state index in [1.807, 2.05) is 77.7 Å². The molecule has 1 atom stereocenters. The Hall–Kier alpha value is -4.13. The maximum atomic E-state index is 12.7. The molecular weight excluding hydrogens is 504 g/mol. The van der Waals surface area contributed by atoms with Crippen LogP contribution in [0.15, 0.2) is 84.9 Å². The number of nitrogens with zero attached hydrogens (tertiary/aromatic N) is 1. The van der Waals surface area contributed by atoms with Crippen molar-refractivity contribution in [3.05, 3.63) is 102 Å². The summed E-state index contributed by atoms with van der Waals surface area (Å²) in [4.78, 5) is 39.1. The second kappa shape index (κ2) is 14.9. The lowest BCUT2D eigenvalue weighted by Gasteiger charge is -2.32. The van der Waals surface area contributed by atoms with Crippen LogP contribution in [-0.4, -0.2) is 46.9 Å². The van der Waals surface area contributed by atoms with Gasteiger partial charge in [0.05, 0.1) is 0 Å². The molecule has 0 bridgehead atoms. The Labute approximate surface area is 236 Å². The quantitative estimate of drug-likeness (QED) is 0.316. The third kappa shape index (κ3) is 9.26. The highest BCUT2D eigenvalue weighted by molar-refractivity contribution is 5.84. The number of aryl methyl sites for hydroxylation is 1. The van der Waals surface area contributed by atoms with Crippen molar-refractivity contribution in [2.24, 2.45) is 5.92 Å². The number of likely N-dealkylation sites (tertiary alicyclic amines) is 1. The number of carbonyl (C=O) groups is 3. The number of carboxylic acid groups (broad SMARTS) is 1. The standard InChI is InChI=1S/C33H38N2O5/c36-31(23-27-18-20-35(21-19-27)32(37)13-7-12-25-8-3-1-4-9-25)34-30(33(38)39)22-26-14-16-29(17-15-26)40-24-28-10-5-2-6-11-28/h1-6,8-11,14-17,27,30H,7,12-13,18-24H2,(H,34,36)(H,38,39)/t30-/m0/s1. The highest BCUT2D eigenvalue weighted by atomic mass is 16.5. The van der Waals surface area contributed by atoms with E-state index in [0.29, 0.717) is 31.9 Å². The number of benzene rings is 3. The number of nitrogens with one attached hydrogen (secondary N) is 1. The van der Waals surface area contributed by atoms with E-state index < -0.39 is 12.0 Å². The first-order valence-electron chi connectivity index (χ1n) is 14.1. The van der Waals surface area contributed by atoms with Crippen molar-refractivity contribution in [1.82, 2.24) is 10.2 Å². The molecule has 0 aliphatic carbocycles. The van der Waals surface area contributed by atoms with Crippen molar-refractivity contribution in [2.45, 2.75) is 57.6 Å². The highest BCUT2D eigenvalue weighted by Crippen LogP contribution is 2.22. The Morgan fingerprint density at radius 1 is 0.850 bits per heavy atom. The van der Waals surface area contributed by atoms with Gasteiger partial charge < -0.3 is 20.1 Å². The molecule has 2 N–H and O–H groups in total. The molecule has 1 aliphatic rings. The number of carboxylic acids is 1. The van der Waals surface area contributed by atoms with Gasteiger partial charge in [0.1, 0.15) is 18.4 Å². The fourth-order valence-electron chi connectivity index (χ4n) is 5.05. The van der Waals surface area contributed by atoms with Crippen LogP contribution in [0.2, 0.25) is 0 Å². The number of piperidine rings is 1. The summed E-state index contributed by atoms with van der Waals surface area (Å²) in [5.41, 5.74) is 3.11. The molecular formula is C33H38N2O5. The van der Waals surface area contributed by atoms with Gasteiger partial charge in [-0.15, -0.1) is 0 Å². The van der Waals surface area contributed by atoms with Crippen LogP contribution >= 0.6 is 0 Å². The lowest BCUT2D eigenvalue weighted by atomic mass is 9.92. The Kier molecular flexibility index (Phi) is 10.7. The fourth-order valence-corrected chi connectivity index (χ4v) is 5.05. The third-order valence-electron chi connectivity index (χ3n) is 7.39. The van der Waals surface area contributed by atoms with Crippen molar-refractivity contribution in [2.75, 3.05) is 13.1 Å². The second-order valence-corrected chi connectivity index (χ2v) is 10.4. The summed E-state index contributed by atoms with van der Waals surface area (Å²) in [5, 5.41) is 12.4. The van der Waals surface area contributed by atoms with Crippen LogP contribution < -0.4 is 10.1 Å². The molecule has 2 amide bonds. The van der Waals surface area contributed by atoms with E-state index in [-0.39, 0.29) is 30.6 Å². The normalized spacial score (nSPS) is 14.3. The molecule has 7 nitrogen and oxygen atoms in total. The molecule has 0 radical (unpaired) electrons.